The number of esters is 1. The number of cyclic esters (lactones) is 1. The van der Waals surface area contributed by atoms with Crippen LogP contribution in [0.1, 0.15) is 50.5 Å². The largest absolute Gasteiger partial charge is 0.462 e. The maximum absolute atomic E-state index is 12.8. The summed E-state index contributed by atoms with van der Waals surface area (Å²) in [6, 6.07) is 6.14. The van der Waals surface area contributed by atoms with Crippen LogP contribution >= 0.6 is 0 Å². The molecular formula is C15H19FO2. The molecule has 1 saturated heterocycles. The number of carbonyl (C=O) groups is 1. The van der Waals surface area contributed by atoms with Gasteiger partial charge in [-0.05, 0) is 37.0 Å². The predicted molar refractivity (Wildman–Crippen MR) is 67.8 cm³/mol. The molecular weight excluding hydrogens is 231 g/mol. The van der Waals surface area contributed by atoms with Crippen molar-refractivity contribution < 1.29 is 13.9 Å². The Labute approximate surface area is 107 Å². The average Bonchev–Trinajstić information content (AvgIpc) is 2.38. The predicted octanol–water partition coefficient (Wildman–Crippen LogP) is 3.81. The Balaban J connectivity index is 1.97. The smallest absolute Gasteiger partial charge is 0.313 e. The van der Waals surface area contributed by atoms with E-state index < -0.39 is 0 Å². The number of benzene rings is 1. The Hall–Kier alpha value is -1.38. The van der Waals surface area contributed by atoms with Gasteiger partial charge in [0.2, 0.25) is 0 Å². The molecule has 1 fully saturated rings. The Kier molecular flexibility index (Phi) is 4.34. The van der Waals surface area contributed by atoms with Gasteiger partial charge in [0.15, 0.2) is 0 Å². The highest BCUT2D eigenvalue weighted by Crippen LogP contribution is 2.31. The van der Waals surface area contributed by atoms with Gasteiger partial charge in [0.25, 0.3) is 0 Å². The first-order valence-electron chi connectivity index (χ1n) is 6.66. The second kappa shape index (κ2) is 5.98. The third kappa shape index (κ3) is 3.09. The first-order chi connectivity index (χ1) is 8.70. The topological polar surface area (TPSA) is 26.3 Å². The molecule has 2 rings (SSSR count). The molecule has 18 heavy (non-hydrogen) atoms. The third-order valence-electron chi connectivity index (χ3n) is 3.50. The molecule has 0 bridgehead atoms. The van der Waals surface area contributed by atoms with Crippen LogP contribution in [-0.4, -0.2) is 12.1 Å². The van der Waals surface area contributed by atoms with Crippen molar-refractivity contribution in [3.63, 3.8) is 0 Å². The van der Waals surface area contributed by atoms with Crippen LogP contribution in [0.4, 0.5) is 4.39 Å². The Morgan fingerprint density at radius 2 is 2.00 bits per heavy atom. The van der Waals surface area contributed by atoms with E-state index in [0.717, 1.165) is 37.7 Å². The van der Waals surface area contributed by atoms with Crippen LogP contribution in [0.2, 0.25) is 0 Å². The molecule has 0 aromatic heterocycles. The van der Waals surface area contributed by atoms with Crippen molar-refractivity contribution in [1.29, 1.82) is 0 Å². The summed E-state index contributed by atoms with van der Waals surface area (Å²) in [7, 11) is 0. The quantitative estimate of drug-likeness (QED) is 0.760. The van der Waals surface area contributed by atoms with Crippen LogP contribution in [0.3, 0.4) is 0 Å². The molecule has 1 aliphatic rings. The van der Waals surface area contributed by atoms with Crippen LogP contribution in [0.5, 0.6) is 0 Å². The van der Waals surface area contributed by atoms with Crippen LogP contribution in [0.25, 0.3) is 0 Å². The number of hydrogen-bond acceptors (Lipinski definition) is 2. The minimum absolute atomic E-state index is 0.0779. The molecule has 0 amide bonds. The number of carbonyl (C=O) groups excluding carboxylic acids is 1. The zero-order valence-corrected chi connectivity index (χ0v) is 10.7. The molecule has 0 saturated carbocycles. The maximum Gasteiger partial charge on any atom is 0.313 e. The summed E-state index contributed by atoms with van der Waals surface area (Å²) in [5.41, 5.74) is 0.857. The summed E-state index contributed by atoms with van der Waals surface area (Å²) in [6.45, 7) is 2.13. The fourth-order valence-electron chi connectivity index (χ4n) is 2.41. The first kappa shape index (κ1) is 13.1. The summed E-state index contributed by atoms with van der Waals surface area (Å²) >= 11 is 0. The summed E-state index contributed by atoms with van der Waals surface area (Å²) < 4.78 is 18.3. The third-order valence-corrected chi connectivity index (χ3v) is 3.50. The SMILES string of the molecule is CCCCC1CCC(c2ccc(F)cc2)C(=O)O1. The zero-order chi connectivity index (χ0) is 13.0. The molecule has 2 nitrogen and oxygen atoms in total. The van der Waals surface area contributed by atoms with Crippen molar-refractivity contribution in [1.82, 2.24) is 0 Å². The second-order valence-electron chi connectivity index (χ2n) is 4.88. The van der Waals surface area contributed by atoms with Crippen molar-refractivity contribution in [2.75, 3.05) is 0 Å². The van der Waals surface area contributed by atoms with Crippen molar-refractivity contribution in [3.8, 4) is 0 Å². The lowest BCUT2D eigenvalue weighted by atomic mass is 9.89. The molecule has 2 unspecified atom stereocenters. The summed E-state index contributed by atoms with van der Waals surface area (Å²) in [5.74, 6) is -0.652. The number of rotatable bonds is 4. The van der Waals surface area contributed by atoms with Gasteiger partial charge in [-0.3, -0.25) is 4.79 Å². The van der Waals surface area contributed by atoms with Gasteiger partial charge in [0.05, 0.1) is 5.92 Å². The molecule has 0 spiro atoms. The molecule has 1 heterocycles. The Bertz CT molecular complexity index is 399. The molecule has 0 aliphatic carbocycles. The number of unbranched alkanes of at least 4 members (excludes halogenated alkanes) is 1. The van der Waals surface area contributed by atoms with E-state index >= 15 is 0 Å². The molecule has 2 atom stereocenters. The van der Waals surface area contributed by atoms with Gasteiger partial charge in [-0.2, -0.15) is 0 Å². The van der Waals surface area contributed by atoms with E-state index in [4.69, 9.17) is 4.74 Å². The van der Waals surface area contributed by atoms with Crippen molar-refractivity contribution in [2.45, 2.75) is 51.0 Å². The van der Waals surface area contributed by atoms with E-state index in [-0.39, 0.29) is 23.8 Å². The summed E-state index contributed by atoms with van der Waals surface area (Å²) in [6.07, 6.45) is 4.97. The van der Waals surface area contributed by atoms with Crippen LogP contribution < -0.4 is 0 Å². The minimum Gasteiger partial charge on any atom is -0.462 e. The van der Waals surface area contributed by atoms with Gasteiger partial charge in [-0.1, -0.05) is 31.9 Å². The normalized spacial score (nSPS) is 23.8. The molecule has 98 valence electrons. The monoisotopic (exact) mass is 250 g/mol. The van der Waals surface area contributed by atoms with E-state index in [9.17, 15) is 9.18 Å². The highest BCUT2D eigenvalue weighted by atomic mass is 19.1. The van der Waals surface area contributed by atoms with Gasteiger partial charge in [0, 0.05) is 0 Å². The fraction of sp³-hybridized carbons (Fsp3) is 0.533. The molecule has 1 aromatic rings. The first-order valence-corrected chi connectivity index (χ1v) is 6.66. The molecule has 0 N–H and O–H groups in total. The van der Waals surface area contributed by atoms with Crippen LogP contribution in [-0.2, 0) is 9.53 Å². The van der Waals surface area contributed by atoms with Crippen molar-refractivity contribution >= 4 is 5.97 Å². The number of ether oxygens (including phenoxy) is 1. The van der Waals surface area contributed by atoms with Crippen LogP contribution in [0.15, 0.2) is 24.3 Å². The van der Waals surface area contributed by atoms with Gasteiger partial charge in [-0.25, -0.2) is 4.39 Å². The lowest BCUT2D eigenvalue weighted by molar-refractivity contribution is -0.156. The number of hydrogen-bond donors (Lipinski definition) is 0. The lowest BCUT2D eigenvalue weighted by Crippen LogP contribution is -2.29. The van der Waals surface area contributed by atoms with E-state index in [1.807, 2.05) is 0 Å². The molecule has 3 heteroatoms. The highest BCUT2D eigenvalue weighted by molar-refractivity contribution is 5.79. The maximum atomic E-state index is 12.8. The minimum atomic E-state index is -0.274. The van der Waals surface area contributed by atoms with Crippen molar-refractivity contribution in [3.05, 3.63) is 35.6 Å². The van der Waals surface area contributed by atoms with E-state index in [1.54, 1.807) is 12.1 Å². The van der Waals surface area contributed by atoms with E-state index in [0.29, 0.717) is 0 Å². The van der Waals surface area contributed by atoms with Crippen LogP contribution in [0, 0.1) is 5.82 Å². The second-order valence-corrected chi connectivity index (χ2v) is 4.88. The Morgan fingerprint density at radius 3 is 2.61 bits per heavy atom. The average molecular weight is 250 g/mol. The lowest BCUT2D eigenvalue weighted by Gasteiger charge is -2.28. The van der Waals surface area contributed by atoms with Gasteiger partial charge >= 0.3 is 5.97 Å². The van der Waals surface area contributed by atoms with Gasteiger partial charge in [0.1, 0.15) is 11.9 Å². The van der Waals surface area contributed by atoms with E-state index in [1.165, 1.54) is 12.1 Å². The van der Waals surface area contributed by atoms with Gasteiger partial charge < -0.3 is 4.74 Å². The highest BCUT2D eigenvalue weighted by Gasteiger charge is 2.30. The molecule has 1 aliphatic heterocycles. The molecule has 0 radical (unpaired) electrons. The zero-order valence-electron chi connectivity index (χ0n) is 10.7. The fourth-order valence-corrected chi connectivity index (χ4v) is 2.41. The molecule has 1 aromatic carbocycles. The van der Waals surface area contributed by atoms with Gasteiger partial charge in [-0.15, -0.1) is 0 Å². The van der Waals surface area contributed by atoms with Crippen molar-refractivity contribution in [2.24, 2.45) is 0 Å². The Morgan fingerprint density at radius 1 is 1.28 bits per heavy atom. The summed E-state index contributed by atoms with van der Waals surface area (Å²) in [4.78, 5) is 11.9. The van der Waals surface area contributed by atoms with E-state index in [2.05, 4.69) is 6.92 Å². The summed E-state index contributed by atoms with van der Waals surface area (Å²) in [5, 5.41) is 0. The standard InChI is InChI=1S/C15H19FO2/c1-2-3-4-13-9-10-14(15(17)18-13)11-5-7-12(16)8-6-11/h5-8,13-14H,2-4,9-10H2,1H3. The number of halogens is 1.